The molecule has 5 nitrogen and oxygen atoms in total. The highest BCUT2D eigenvalue weighted by molar-refractivity contribution is 5.53. The van der Waals surface area contributed by atoms with E-state index in [4.69, 9.17) is 4.74 Å². The zero-order valence-electron chi connectivity index (χ0n) is 16.6. The number of fused-ring (bicyclic) bond motifs is 2. The Kier molecular flexibility index (Phi) is 4.78. The van der Waals surface area contributed by atoms with Crippen molar-refractivity contribution in [3.63, 3.8) is 0 Å². The van der Waals surface area contributed by atoms with E-state index in [0.29, 0.717) is 30.2 Å². The number of aromatic nitrogens is 3. The number of halogens is 3. The minimum absolute atomic E-state index is 0.130. The van der Waals surface area contributed by atoms with Crippen LogP contribution in [0.25, 0.3) is 5.65 Å². The van der Waals surface area contributed by atoms with E-state index >= 15 is 0 Å². The van der Waals surface area contributed by atoms with Gasteiger partial charge in [0.2, 0.25) is 0 Å². The van der Waals surface area contributed by atoms with Crippen molar-refractivity contribution in [3.8, 4) is 0 Å². The predicted octanol–water partition coefficient (Wildman–Crippen LogP) is 4.13. The average Bonchev–Trinajstić information content (AvgIpc) is 3.04. The second-order valence-electron chi connectivity index (χ2n) is 8.12. The predicted molar refractivity (Wildman–Crippen MR) is 105 cm³/mol. The summed E-state index contributed by atoms with van der Waals surface area (Å²) >= 11 is 0. The molecule has 158 valence electrons. The van der Waals surface area contributed by atoms with Gasteiger partial charge in [-0.3, -0.25) is 9.30 Å². The average molecular weight is 416 g/mol. The van der Waals surface area contributed by atoms with Crippen LogP contribution in [0.1, 0.15) is 35.4 Å². The molecule has 3 aromatic rings. The number of alkyl halides is 3. The lowest BCUT2D eigenvalue weighted by atomic mass is 10.1. The van der Waals surface area contributed by atoms with E-state index in [1.54, 1.807) is 12.3 Å². The maximum absolute atomic E-state index is 14.0. The standard InChI is InChI=1S/C22H23F3N4O/c1-2-30-13-18-26-27-21-20(22(23,24)25)15(8-9-29(18)21)10-28-11-16-17(12-28)19(16)14-6-4-3-5-7-14/h3-9,16-17,19H,2,10-13H2,1H3/t16-,17+,19?. The van der Waals surface area contributed by atoms with Crippen LogP contribution in [0.15, 0.2) is 42.6 Å². The van der Waals surface area contributed by atoms with Crippen LogP contribution in [0.3, 0.4) is 0 Å². The molecule has 8 heteroatoms. The summed E-state index contributed by atoms with van der Waals surface area (Å²) in [6.07, 6.45) is -2.87. The molecular formula is C22H23F3N4O. The third kappa shape index (κ3) is 3.37. The highest BCUT2D eigenvalue weighted by atomic mass is 19.4. The molecule has 1 aliphatic heterocycles. The number of benzene rings is 1. The normalized spacial score (nSPS) is 23.8. The Hall–Kier alpha value is -2.45. The van der Waals surface area contributed by atoms with Crippen LogP contribution in [-0.2, 0) is 24.1 Å². The minimum Gasteiger partial charge on any atom is -0.374 e. The first-order chi connectivity index (χ1) is 14.5. The number of piperidine rings is 1. The molecule has 1 saturated heterocycles. The van der Waals surface area contributed by atoms with Crippen molar-refractivity contribution < 1.29 is 17.9 Å². The number of pyridine rings is 1. The molecule has 0 N–H and O–H groups in total. The van der Waals surface area contributed by atoms with Gasteiger partial charge in [-0.25, -0.2) is 0 Å². The van der Waals surface area contributed by atoms with Gasteiger partial charge in [0.1, 0.15) is 12.2 Å². The summed E-state index contributed by atoms with van der Waals surface area (Å²) in [5, 5.41) is 7.76. The molecular weight excluding hydrogens is 393 g/mol. The molecule has 5 rings (SSSR count). The summed E-state index contributed by atoms with van der Waals surface area (Å²) in [5.41, 5.74) is 0.749. The van der Waals surface area contributed by atoms with Gasteiger partial charge in [0.25, 0.3) is 0 Å². The summed E-state index contributed by atoms with van der Waals surface area (Å²) in [6, 6.07) is 11.9. The van der Waals surface area contributed by atoms with Gasteiger partial charge < -0.3 is 4.74 Å². The molecule has 2 fully saturated rings. The molecule has 1 aromatic carbocycles. The Bertz CT molecular complexity index is 1040. The van der Waals surface area contributed by atoms with Crippen molar-refractivity contribution >= 4 is 5.65 Å². The van der Waals surface area contributed by atoms with Gasteiger partial charge in [-0.15, -0.1) is 10.2 Å². The van der Waals surface area contributed by atoms with Crippen molar-refractivity contribution in [1.82, 2.24) is 19.5 Å². The van der Waals surface area contributed by atoms with E-state index in [1.165, 1.54) is 9.96 Å². The van der Waals surface area contributed by atoms with E-state index in [9.17, 15) is 13.2 Å². The Morgan fingerprint density at radius 1 is 1.07 bits per heavy atom. The minimum atomic E-state index is -4.50. The van der Waals surface area contributed by atoms with Crippen molar-refractivity contribution in [2.75, 3.05) is 19.7 Å². The molecule has 1 unspecified atom stereocenters. The third-order valence-electron chi connectivity index (χ3n) is 6.30. The molecule has 2 aromatic heterocycles. The number of rotatable bonds is 6. The van der Waals surface area contributed by atoms with Crippen molar-refractivity contribution in [2.24, 2.45) is 11.8 Å². The largest absolute Gasteiger partial charge is 0.420 e. The fourth-order valence-corrected chi connectivity index (χ4v) is 4.93. The lowest BCUT2D eigenvalue weighted by Crippen LogP contribution is -2.26. The third-order valence-corrected chi connectivity index (χ3v) is 6.30. The van der Waals surface area contributed by atoms with E-state index in [-0.39, 0.29) is 24.4 Å². The Morgan fingerprint density at radius 3 is 2.47 bits per heavy atom. The maximum atomic E-state index is 14.0. The molecule has 0 bridgehead atoms. The van der Waals surface area contributed by atoms with E-state index in [2.05, 4.69) is 27.2 Å². The van der Waals surface area contributed by atoms with Crippen LogP contribution in [0.4, 0.5) is 13.2 Å². The Labute approximate surface area is 172 Å². The summed E-state index contributed by atoms with van der Waals surface area (Å²) < 4.78 is 48.5. The summed E-state index contributed by atoms with van der Waals surface area (Å²) in [4.78, 5) is 2.13. The molecule has 0 amide bonds. The molecule has 2 aliphatic rings. The van der Waals surface area contributed by atoms with Crippen LogP contribution in [0.2, 0.25) is 0 Å². The van der Waals surface area contributed by atoms with E-state index in [1.807, 2.05) is 25.1 Å². The summed E-state index contributed by atoms with van der Waals surface area (Å²) in [5.74, 6) is 1.99. The van der Waals surface area contributed by atoms with E-state index < -0.39 is 11.7 Å². The van der Waals surface area contributed by atoms with Crippen LogP contribution in [0, 0.1) is 11.8 Å². The van der Waals surface area contributed by atoms with Gasteiger partial charge in [-0.2, -0.15) is 13.2 Å². The molecule has 1 aliphatic carbocycles. The van der Waals surface area contributed by atoms with Gasteiger partial charge in [0, 0.05) is 32.4 Å². The molecule has 3 atom stereocenters. The van der Waals surface area contributed by atoms with Crippen LogP contribution in [0.5, 0.6) is 0 Å². The van der Waals surface area contributed by atoms with Crippen molar-refractivity contribution in [1.29, 1.82) is 0 Å². The second kappa shape index (κ2) is 7.35. The Balaban J connectivity index is 1.36. The van der Waals surface area contributed by atoms with Crippen molar-refractivity contribution in [3.05, 3.63) is 65.1 Å². The topological polar surface area (TPSA) is 42.7 Å². The number of nitrogens with zero attached hydrogens (tertiary/aromatic N) is 4. The van der Waals surface area contributed by atoms with E-state index in [0.717, 1.165) is 13.1 Å². The first-order valence-corrected chi connectivity index (χ1v) is 10.2. The van der Waals surface area contributed by atoms with Crippen LogP contribution >= 0.6 is 0 Å². The Morgan fingerprint density at radius 2 is 1.80 bits per heavy atom. The monoisotopic (exact) mass is 416 g/mol. The summed E-state index contributed by atoms with van der Waals surface area (Å²) in [6.45, 7) is 4.34. The van der Waals surface area contributed by atoms with Crippen molar-refractivity contribution in [2.45, 2.75) is 32.2 Å². The summed E-state index contributed by atoms with van der Waals surface area (Å²) in [7, 11) is 0. The zero-order valence-corrected chi connectivity index (χ0v) is 16.6. The highest BCUT2D eigenvalue weighted by Gasteiger charge is 2.56. The van der Waals surface area contributed by atoms with Crippen LogP contribution in [-0.4, -0.2) is 39.2 Å². The lowest BCUT2D eigenvalue weighted by Gasteiger charge is -2.22. The number of hydrogen-bond acceptors (Lipinski definition) is 4. The quantitative estimate of drug-likeness (QED) is 0.606. The maximum Gasteiger partial charge on any atom is 0.420 e. The van der Waals surface area contributed by atoms with Crippen LogP contribution < -0.4 is 0 Å². The lowest BCUT2D eigenvalue weighted by molar-refractivity contribution is -0.137. The number of hydrogen-bond donors (Lipinski definition) is 0. The molecule has 0 radical (unpaired) electrons. The zero-order chi connectivity index (χ0) is 20.9. The molecule has 30 heavy (non-hydrogen) atoms. The number of ether oxygens (including phenoxy) is 1. The highest BCUT2D eigenvalue weighted by Crippen LogP contribution is 2.58. The van der Waals surface area contributed by atoms with Gasteiger partial charge in [0.05, 0.1) is 0 Å². The second-order valence-corrected chi connectivity index (χ2v) is 8.12. The molecule has 1 saturated carbocycles. The van der Waals surface area contributed by atoms with Gasteiger partial charge in [-0.05, 0) is 41.9 Å². The fourth-order valence-electron chi connectivity index (χ4n) is 4.93. The molecule has 3 heterocycles. The van der Waals surface area contributed by atoms with Gasteiger partial charge >= 0.3 is 6.18 Å². The fraction of sp³-hybridized carbons (Fsp3) is 0.455. The smallest absolute Gasteiger partial charge is 0.374 e. The first-order valence-electron chi connectivity index (χ1n) is 10.2. The number of likely N-dealkylation sites (tertiary alicyclic amines) is 1. The van der Waals surface area contributed by atoms with Gasteiger partial charge in [-0.1, -0.05) is 30.3 Å². The molecule has 0 spiro atoms. The van der Waals surface area contributed by atoms with Gasteiger partial charge in [0.15, 0.2) is 11.5 Å². The SMILES string of the molecule is CCOCc1nnc2c(C(F)(F)F)c(CN3C[C@@H]4C(c5ccccc5)[C@@H]4C3)ccn12. The first kappa shape index (κ1) is 19.5.